The molecule has 0 radical (unpaired) electrons. The van der Waals surface area contributed by atoms with Crippen LogP contribution in [0.4, 0.5) is 0 Å². The summed E-state index contributed by atoms with van der Waals surface area (Å²) in [7, 11) is 0. The molecule has 2 atom stereocenters. The second-order valence-electron chi connectivity index (χ2n) is 6.43. The quantitative estimate of drug-likeness (QED) is 0.638. The topological polar surface area (TPSA) is 40.5 Å². The van der Waals surface area contributed by atoms with E-state index in [1.54, 1.807) is 17.8 Å². The van der Waals surface area contributed by atoms with Crippen LogP contribution in [0.2, 0.25) is 10.0 Å². The van der Waals surface area contributed by atoms with E-state index in [2.05, 4.69) is 29.2 Å². The normalized spacial score (nSPS) is 19.3. The molecule has 26 heavy (non-hydrogen) atoms. The van der Waals surface area contributed by atoms with Crippen LogP contribution in [0.1, 0.15) is 36.4 Å². The summed E-state index contributed by atoms with van der Waals surface area (Å²) in [6, 6.07) is 13.0. The SMILES string of the molecule is CSc1ccc(C(c2ccc(Cl)cc2Cl)N2CCCCC2C(=O)O)cc1. The molecule has 3 nitrogen and oxygen atoms in total. The van der Waals surface area contributed by atoms with Gasteiger partial charge in [-0.3, -0.25) is 9.69 Å². The summed E-state index contributed by atoms with van der Waals surface area (Å²) in [5.74, 6) is -0.777. The summed E-state index contributed by atoms with van der Waals surface area (Å²) < 4.78 is 0. The van der Waals surface area contributed by atoms with E-state index in [9.17, 15) is 9.90 Å². The zero-order valence-electron chi connectivity index (χ0n) is 14.5. The van der Waals surface area contributed by atoms with Crippen LogP contribution in [0, 0.1) is 0 Å². The molecule has 0 aliphatic carbocycles. The van der Waals surface area contributed by atoms with Gasteiger partial charge < -0.3 is 5.11 Å². The summed E-state index contributed by atoms with van der Waals surface area (Å²) in [6.07, 6.45) is 4.60. The van der Waals surface area contributed by atoms with Crippen molar-refractivity contribution < 1.29 is 9.90 Å². The highest BCUT2D eigenvalue weighted by molar-refractivity contribution is 7.98. The molecule has 0 bridgehead atoms. The fourth-order valence-electron chi connectivity index (χ4n) is 3.59. The minimum atomic E-state index is -0.777. The molecule has 0 spiro atoms. The number of nitrogens with zero attached hydrogens (tertiary/aromatic N) is 1. The molecule has 1 aliphatic rings. The van der Waals surface area contributed by atoms with Crippen molar-refractivity contribution >= 4 is 40.9 Å². The van der Waals surface area contributed by atoms with Gasteiger partial charge in [-0.1, -0.05) is 47.8 Å². The minimum absolute atomic E-state index is 0.211. The van der Waals surface area contributed by atoms with E-state index in [1.807, 2.05) is 18.4 Å². The van der Waals surface area contributed by atoms with Gasteiger partial charge in [-0.2, -0.15) is 0 Å². The van der Waals surface area contributed by atoms with Crippen LogP contribution in [-0.4, -0.2) is 34.8 Å². The lowest BCUT2D eigenvalue weighted by molar-refractivity contribution is -0.145. The first-order valence-corrected chi connectivity index (χ1v) is 10.6. The van der Waals surface area contributed by atoms with Crippen molar-refractivity contribution in [2.24, 2.45) is 0 Å². The lowest BCUT2D eigenvalue weighted by Gasteiger charge is -2.40. The first-order valence-electron chi connectivity index (χ1n) is 8.58. The van der Waals surface area contributed by atoms with Crippen molar-refractivity contribution in [3.8, 4) is 0 Å². The van der Waals surface area contributed by atoms with Gasteiger partial charge in [0.2, 0.25) is 0 Å². The Kier molecular flexibility index (Phi) is 6.51. The molecule has 3 rings (SSSR count). The molecule has 2 unspecified atom stereocenters. The molecular weight excluding hydrogens is 389 g/mol. The Morgan fingerprint density at radius 2 is 1.92 bits per heavy atom. The van der Waals surface area contributed by atoms with Crippen LogP contribution < -0.4 is 0 Å². The third-order valence-corrected chi connectivity index (χ3v) is 6.16. The van der Waals surface area contributed by atoms with Gasteiger partial charge in [0, 0.05) is 14.9 Å². The predicted octanol–water partition coefficient (Wildman–Crippen LogP) is 5.74. The highest BCUT2D eigenvalue weighted by atomic mass is 35.5. The average molecular weight is 410 g/mol. The third-order valence-electron chi connectivity index (χ3n) is 4.85. The zero-order valence-corrected chi connectivity index (χ0v) is 16.8. The standard InChI is InChI=1S/C20H21Cl2NO2S/c1-26-15-8-5-13(6-9-15)19(16-10-7-14(21)12-17(16)22)23-11-3-2-4-18(23)20(24)25/h5-10,12,18-19H,2-4,11H2,1H3,(H,24,25). The van der Waals surface area contributed by atoms with E-state index in [-0.39, 0.29) is 6.04 Å². The molecule has 2 aromatic rings. The molecule has 1 heterocycles. The number of rotatable bonds is 5. The van der Waals surface area contributed by atoms with Crippen molar-refractivity contribution in [1.29, 1.82) is 0 Å². The maximum Gasteiger partial charge on any atom is 0.320 e. The van der Waals surface area contributed by atoms with E-state index in [1.165, 1.54) is 4.90 Å². The monoisotopic (exact) mass is 409 g/mol. The number of carbonyl (C=O) groups is 1. The maximum absolute atomic E-state index is 11.9. The number of aliphatic carboxylic acids is 1. The summed E-state index contributed by atoms with van der Waals surface area (Å²) in [5, 5.41) is 10.9. The largest absolute Gasteiger partial charge is 0.480 e. The highest BCUT2D eigenvalue weighted by Gasteiger charge is 2.35. The van der Waals surface area contributed by atoms with Crippen LogP contribution in [0.5, 0.6) is 0 Å². The number of thioether (sulfide) groups is 1. The molecule has 138 valence electrons. The molecule has 1 aliphatic heterocycles. The van der Waals surface area contributed by atoms with Gasteiger partial charge in [-0.25, -0.2) is 0 Å². The molecule has 0 aromatic heterocycles. The van der Waals surface area contributed by atoms with Crippen LogP contribution in [0.3, 0.4) is 0 Å². The van der Waals surface area contributed by atoms with Crippen LogP contribution >= 0.6 is 35.0 Å². The average Bonchev–Trinajstić information content (AvgIpc) is 2.64. The lowest BCUT2D eigenvalue weighted by Crippen LogP contribution is -2.46. The summed E-state index contributed by atoms with van der Waals surface area (Å²) in [4.78, 5) is 15.1. The van der Waals surface area contributed by atoms with Crippen LogP contribution in [0.15, 0.2) is 47.4 Å². The number of likely N-dealkylation sites (tertiary alicyclic amines) is 1. The molecule has 2 aromatic carbocycles. The summed E-state index contributed by atoms with van der Waals surface area (Å²) in [5.41, 5.74) is 1.93. The number of hydrogen-bond donors (Lipinski definition) is 1. The van der Waals surface area contributed by atoms with E-state index in [0.717, 1.165) is 30.5 Å². The highest BCUT2D eigenvalue weighted by Crippen LogP contribution is 2.38. The van der Waals surface area contributed by atoms with Crippen LogP contribution in [-0.2, 0) is 4.79 Å². The van der Waals surface area contributed by atoms with E-state index < -0.39 is 12.0 Å². The Labute approximate surface area is 168 Å². The van der Waals surface area contributed by atoms with E-state index >= 15 is 0 Å². The first-order chi connectivity index (χ1) is 12.5. The first kappa shape index (κ1) is 19.6. The minimum Gasteiger partial charge on any atom is -0.480 e. The molecule has 0 saturated carbocycles. The molecule has 1 N–H and O–H groups in total. The summed E-state index contributed by atoms with van der Waals surface area (Å²) in [6.45, 7) is 0.727. The predicted molar refractivity (Wildman–Crippen MR) is 109 cm³/mol. The van der Waals surface area contributed by atoms with Gasteiger partial charge in [-0.15, -0.1) is 11.8 Å². The van der Waals surface area contributed by atoms with Crippen molar-refractivity contribution in [1.82, 2.24) is 4.90 Å². The van der Waals surface area contributed by atoms with Crippen molar-refractivity contribution in [2.75, 3.05) is 12.8 Å². The van der Waals surface area contributed by atoms with Gasteiger partial charge in [0.25, 0.3) is 0 Å². The number of piperidine rings is 1. The number of halogens is 2. The van der Waals surface area contributed by atoms with Gasteiger partial charge in [0.1, 0.15) is 6.04 Å². The Morgan fingerprint density at radius 3 is 2.54 bits per heavy atom. The zero-order chi connectivity index (χ0) is 18.7. The third kappa shape index (κ3) is 4.20. The number of benzene rings is 2. The second kappa shape index (κ2) is 8.66. The van der Waals surface area contributed by atoms with Gasteiger partial charge in [-0.05, 0) is 61.0 Å². The second-order valence-corrected chi connectivity index (χ2v) is 8.15. The van der Waals surface area contributed by atoms with Gasteiger partial charge in [0.15, 0.2) is 0 Å². The van der Waals surface area contributed by atoms with Crippen molar-refractivity contribution in [3.05, 3.63) is 63.6 Å². The molecule has 1 saturated heterocycles. The van der Waals surface area contributed by atoms with Crippen molar-refractivity contribution in [2.45, 2.75) is 36.2 Å². The molecular formula is C20H21Cl2NO2S. The van der Waals surface area contributed by atoms with E-state index in [0.29, 0.717) is 16.5 Å². The van der Waals surface area contributed by atoms with E-state index in [4.69, 9.17) is 23.2 Å². The molecule has 0 amide bonds. The fourth-order valence-corrected chi connectivity index (χ4v) is 4.51. The Balaban J connectivity index is 2.09. The Bertz CT molecular complexity index is 782. The number of hydrogen-bond acceptors (Lipinski definition) is 3. The van der Waals surface area contributed by atoms with Gasteiger partial charge in [0.05, 0.1) is 6.04 Å². The summed E-state index contributed by atoms with van der Waals surface area (Å²) >= 11 is 14.3. The van der Waals surface area contributed by atoms with Crippen molar-refractivity contribution in [3.63, 3.8) is 0 Å². The maximum atomic E-state index is 11.9. The number of carboxylic acid groups (broad SMARTS) is 1. The Hall–Kier alpha value is -1.20. The number of carboxylic acids is 1. The molecule has 6 heteroatoms. The smallest absolute Gasteiger partial charge is 0.320 e. The van der Waals surface area contributed by atoms with Gasteiger partial charge >= 0.3 is 5.97 Å². The fraction of sp³-hybridized carbons (Fsp3) is 0.350. The Morgan fingerprint density at radius 1 is 1.19 bits per heavy atom. The lowest BCUT2D eigenvalue weighted by atomic mass is 9.91. The molecule has 1 fully saturated rings. The van der Waals surface area contributed by atoms with Crippen LogP contribution in [0.25, 0.3) is 0 Å².